The molecule has 1 unspecified atom stereocenters. The van der Waals surface area contributed by atoms with Crippen molar-refractivity contribution in [3.63, 3.8) is 0 Å². The Bertz CT molecular complexity index is 547. The van der Waals surface area contributed by atoms with Crippen molar-refractivity contribution >= 4 is 27.6 Å². The monoisotopic (exact) mass is 322 g/mol. The highest BCUT2D eigenvalue weighted by Crippen LogP contribution is 2.19. The molecule has 1 N–H and O–H groups in total. The second kappa shape index (κ2) is 6.48. The minimum Gasteiger partial charge on any atom is -0.352 e. The van der Waals surface area contributed by atoms with Crippen molar-refractivity contribution in [2.75, 3.05) is 0 Å². The minimum absolute atomic E-state index is 0.111. The smallest absolute Gasteiger partial charge is 0.245 e. The Morgan fingerprint density at radius 3 is 2.53 bits per heavy atom. The summed E-state index contributed by atoms with van der Waals surface area (Å²) in [6, 6.07) is 6.87. The summed E-state index contributed by atoms with van der Waals surface area (Å²) in [4.78, 5) is 24.1. The number of carbonyl (C=O) groups is 2. The van der Waals surface area contributed by atoms with Gasteiger partial charge in [-0.1, -0.05) is 22.0 Å². The maximum Gasteiger partial charge on any atom is 0.245 e. The number of nitrogens with one attached hydrogen (secondary N) is 1. The molecule has 1 amide bonds. The maximum absolute atomic E-state index is 12.3. The second-order valence-electron chi connectivity index (χ2n) is 4.55. The number of hydrogen-bond donors (Lipinski definition) is 1. The Balaban J connectivity index is 3.06. The molecule has 0 heterocycles. The molecule has 0 aliphatic heterocycles. The molecule has 4 nitrogen and oxygen atoms in total. The molecule has 0 spiro atoms. The number of aryl methyl sites for hydroxylation is 1. The van der Waals surface area contributed by atoms with Gasteiger partial charge in [0.2, 0.25) is 5.91 Å². The van der Waals surface area contributed by atoms with Crippen molar-refractivity contribution < 1.29 is 9.59 Å². The van der Waals surface area contributed by atoms with E-state index in [1.807, 2.05) is 6.07 Å². The summed E-state index contributed by atoms with van der Waals surface area (Å²) in [5, 5.41) is 11.6. The maximum atomic E-state index is 12.3. The fraction of sp³-hybridized carbons (Fsp3) is 0.357. The lowest BCUT2D eigenvalue weighted by molar-refractivity contribution is -0.122. The molecule has 0 aliphatic carbocycles. The van der Waals surface area contributed by atoms with E-state index in [4.69, 9.17) is 5.26 Å². The normalized spacial score (nSPS) is 11.8. The number of ketones is 1. The lowest BCUT2D eigenvalue weighted by Crippen LogP contribution is -2.38. The van der Waals surface area contributed by atoms with Crippen LogP contribution in [0.2, 0.25) is 0 Å². The molecule has 0 saturated heterocycles. The summed E-state index contributed by atoms with van der Waals surface area (Å²) in [6.45, 7) is 5.33. The van der Waals surface area contributed by atoms with E-state index in [0.717, 1.165) is 10.0 Å². The first-order valence-corrected chi connectivity index (χ1v) is 6.66. The fourth-order valence-electron chi connectivity index (χ4n) is 1.62. The average Bonchev–Trinajstić information content (AvgIpc) is 2.32. The third kappa shape index (κ3) is 3.90. The van der Waals surface area contributed by atoms with Gasteiger partial charge < -0.3 is 5.32 Å². The van der Waals surface area contributed by atoms with Crippen LogP contribution < -0.4 is 5.32 Å². The van der Waals surface area contributed by atoms with Crippen LogP contribution in [0.5, 0.6) is 0 Å². The summed E-state index contributed by atoms with van der Waals surface area (Å²) in [7, 11) is 0. The SMILES string of the molecule is Cc1ccc(Br)cc1C(=O)C(C#N)C(=O)NC(C)C. The zero-order valence-corrected chi connectivity index (χ0v) is 12.6. The van der Waals surface area contributed by atoms with E-state index in [1.165, 1.54) is 0 Å². The summed E-state index contributed by atoms with van der Waals surface area (Å²) >= 11 is 3.28. The van der Waals surface area contributed by atoms with Crippen molar-refractivity contribution in [1.29, 1.82) is 5.26 Å². The van der Waals surface area contributed by atoms with Crippen LogP contribution in [0, 0.1) is 24.2 Å². The van der Waals surface area contributed by atoms with Gasteiger partial charge in [0.15, 0.2) is 11.7 Å². The van der Waals surface area contributed by atoms with Crippen molar-refractivity contribution in [2.45, 2.75) is 26.8 Å². The topological polar surface area (TPSA) is 70.0 Å². The van der Waals surface area contributed by atoms with Crippen LogP contribution in [0.4, 0.5) is 0 Å². The fourth-order valence-corrected chi connectivity index (χ4v) is 1.98. The van der Waals surface area contributed by atoms with Gasteiger partial charge in [0.1, 0.15) is 0 Å². The quantitative estimate of drug-likeness (QED) is 0.684. The lowest BCUT2D eigenvalue weighted by atomic mass is 9.94. The van der Waals surface area contributed by atoms with Crippen molar-refractivity contribution in [3.05, 3.63) is 33.8 Å². The molecule has 0 bridgehead atoms. The van der Waals surface area contributed by atoms with Crippen LogP contribution in [-0.2, 0) is 4.79 Å². The van der Waals surface area contributed by atoms with Crippen LogP contribution in [-0.4, -0.2) is 17.7 Å². The number of Topliss-reactive ketones (excluding diaryl/α,β-unsaturated/α-hetero) is 1. The molecule has 0 aliphatic rings. The van der Waals surface area contributed by atoms with Crippen LogP contribution in [0.3, 0.4) is 0 Å². The first-order valence-electron chi connectivity index (χ1n) is 5.87. The minimum atomic E-state index is -1.31. The summed E-state index contributed by atoms with van der Waals surface area (Å²) < 4.78 is 0.738. The molecule has 0 saturated carbocycles. The molecule has 1 aromatic carbocycles. The van der Waals surface area contributed by atoms with Gasteiger partial charge in [-0.15, -0.1) is 0 Å². The molecule has 0 radical (unpaired) electrons. The zero-order valence-electron chi connectivity index (χ0n) is 11.0. The van der Waals surface area contributed by atoms with Gasteiger partial charge in [-0.25, -0.2) is 0 Å². The first kappa shape index (κ1) is 15.4. The van der Waals surface area contributed by atoms with E-state index < -0.39 is 17.6 Å². The molecule has 100 valence electrons. The van der Waals surface area contributed by atoms with Crippen LogP contribution >= 0.6 is 15.9 Å². The Morgan fingerprint density at radius 2 is 2.00 bits per heavy atom. The van der Waals surface area contributed by atoms with Gasteiger partial charge in [0, 0.05) is 16.1 Å². The zero-order chi connectivity index (χ0) is 14.6. The Kier molecular flexibility index (Phi) is 5.25. The predicted molar refractivity (Wildman–Crippen MR) is 75.6 cm³/mol. The van der Waals surface area contributed by atoms with Crippen molar-refractivity contribution in [3.8, 4) is 6.07 Å². The van der Waals surface area contributed by atoms with Gasteiger partial charge >= 0.3 is 0 Å². The lowest BCUT2D eigenvalue weighted by Gasteiger charge is -2.13. The molecule has 1 rings (SSSR count). The van der Waals surface area contributed by atoms with Gasteiger partial charge in [-0.05, 0) is 38.5 Å². The van der Waals surface area contributed by atoms with E-state index in [-0.39, 0.29) is 6.04 Å². The number of rotatable bonds is 4. The summed E-state index contributed by atoms with van der Waals surface area (Å²) in [5.41, 5.74) is 1.13. The Hall–Kier alpha value is -1.67. The predicted octanol–water partition coefficient (Wildman–Crippen LogP) is 2.60. The summed E-state index contributed by atoms with van der Waals surface area (Å²) in [6.07, 6.45) is 0. The van der Waals surface area contributed by atoms with E-state index in [0.29, 0.717) is 5.56 Å². The number of benzene rings is 1. The molecule has 1 atom stereocenters. The van der Waals surface area contributed by atoms with Gasteiger partial charge in [0.05, 0.1) is 6.07 Å². The molecule has 19 heavy (non-hydrogen) atoms. The molecule has 1 aromatic rings. The highest BCUT2D eigenvalue weighted by Gasteiger charge is 2.28. The Labute approximate surface area is 120 Å². The van der Waals surface area contributed by atoms with Crippen LogP contribution in [0.25, 0.3) is 0 Å². The molecular weight excluding hydrogens is 308 g/mol. The number of nitriles is 1. The molecular formula is C14H15BrN2O2. The number of hydrogen-bond acceptors (Lipinski definition) is 3. The number of carbonyl (C=O) groups excluding carboxylic acids is 2. The molecule has 0 fully saturated rings. The molecule has 5 heteroatoms. The van der Waals surface area contributed by atoms with Crippen molar-refractivity contribution in [1.82, 2.24) is 5.32 Å². The standard InChI is InChI=1S/C14H15BrN2O2/c1-8(2)17-14(19)12(7-16)13(18)11-6-10(15)5-4-9(11)3/h4-6,8,12H,1-3H3,(H,17,19). The number of halogens is 1. The third-order valence-corrected chi connectivity index (χ3v) is 3.04. The highest BCUT2D eigenvalue weighted by molar-refractivity contribution is 9.10. The highest BCUT2D eigenvalue weighted by atomic mass is 79.9. The van der Waals surface area contributed by atoms with Crippen LogP contribution in [0.15, 0.2) is 22.7 Å². The number of amides is 1. The Morgan fingerprint density at radius 1 is 1.37 bits per heavy atom. The first-order chi connectivity index (χ1) is 8.86. The van der Waals surface area contributed by atoms with Crippen LogP contribution in [0.1, 0.15) is 29.8 Å². The average molecular weight is 323 g/mol. The third-order valence-electron chi connectivity index (χ3n) is 2.55. The summed E-state index contributed by atoms with van der Waals surface area (Å²) in [5.74, 6) is -2.34. The van der Waals surface area contributed by atoms with E-state index >= 15 is 0 Å². The van der Waals surface area contributed by atoms with E-state index in [1.54, 1.807) is 39.0 Å². The van der Waals surface area contributed by atoms with Gasteiger partial charge in [-0.2, -0.15) is 5.26 Å². The van der Waals surface area contributed by atoms with E-state index in [9.17, 15) is 9.59 Å². The van der Waals surface area contributed by atoms with Crippen molar-refractivity contribution in [2.24, 2.45) is 5.92 Å². The second-order valence-corrected chi connectivity index (χ2v) is 5.46. The molecule has 0 aromatic heterocycles. The van der Waals surface area contributed by atoms with E-state index in [2.05, 4.69) is 21.2 Å². The van der Waals surface area contributed by atoms with Gasteiger partial charge in [-0.3, -0.25) is 9.59 Å². The van der Waals surface area contributed by atoms with Gasteiger partial charge in [0.25, 0.3) is 0 Å². The number of nitrogens with zero attached hydrogens (tertiary/aromatic N) is 1. The largest absolute Gasteiger partial charge is 0.352 e.